The van der Waals surface area contributed by atoms with Gasteiger partial charge in [-0.05, 0) is 13.8 Å². The lowest BCUT2D eigenvalue weighted by Crippen LogP contribution is -2.47. The van der Waals surface area contributed by atoms with Gasteiger partial charge in [-0.3, -0.25) is 4.40 Å². The minimum absolute atomic E-state index is 0.805. The van der Waals surface area contributed by atoms with Crippen LogP contribution in [0.5, 0.6) is 0 Å². The zero-order valence-electron chi connectivity index (χ0n) is 18.0. The summed E-state index contributed by atoms with van der Waals surface area (Å²) in [6.45, 7) is 7.38. The van der Waals surface area contributed by atoms with Crippen molar-refractivity contribution in [2.45, 2.75) is 13.8 Å². The minimum atomic E-state index is 0.805. The van der Waals surface area contributed by atoms with Crippen molar-refractivity contribution in [1.82, 2.24) is 34.2 Å². The van der Waals surface area contributed by atoms with Crippen molar-refractivity contribution in [2.75, 3.05) is 36.0 Å². The molecular weight excluding hydrogens is 402 g/mol. The predicted octanol–water partition coefficient (Wildman–Crippen LogP) is 2.78. The third-order valence-corrected chi connectivity index (χ3v) is 6.09. The first-order valence-electron chi connectivity index (χ1n) is 10.8. The van der Waals surface area contributed by atoms with E-state index in [1.54, 1.807) is 0 Å². The van der Waals surface area contributed by atoms with Crippen molar-refractivity contribution in [2.24, 2.45) is 0 Å². The summed E-state index contributed by atoms with van der Waals surface area (Å²) in [6, 6.07) is 12.5. The average Bonchev–Trinajstić information content (AvgIpc) is 3.42. The van der Waals surface area contributed by atoms with E-state index in [1.807, 2.05) is 40.5 Å². The fraction of sp³-hybridized carbons (Fsp3) is 0.261. The predicted molar refractivity (Wildman–Crippen MR) is 123 cm³/mol. The highest BCUT2D eigenvalue weighted by molar-refractivity contribution is 5.69. The van der Waals surface area contributed by atoms with Gasteiger partial charge in [-0.15, -0.1) is 10.2 Å². The van der Waals surface area contributed by atoms with Crippen molar-refractivity contribution >= 4 is 22.9 Å². The Morgan fingerprint density at radius 3 is 2.47 bits per heavy atom. The molecule has 32 heavy (non-hydrogen) atoms. The Hall–Kier alpha value is -4.01. The van der Waals surface area contributed by atoms with Crippen molar-refractivity contribution in [3.8, 4) is 11.3 Å². The maximum atomic E-state index is 4.96. The molecule has 0 atom stereocenters. The molecular formula is C23H23N9. The van der Waals surface area contributed by atoms with Gasteiger partial charge in [0.05, 0.1) is 11.9 Å². The molecule has 1 aliphatic rings. The Bertz CT molecular complexity index is 1410. The summed E-state index contributed by atoms with van der Waals surface area (Å²) < 4.78 is 3.92. The van der Waals surface area contributed by atoms with E-state index in [0.717, 1.165) is 71.8 Å². The van der Waals surface area contributed by atoms with E-state index in [0.29, 0.717) is 0 Å². The third-order valence-electron chi connectivity index (χ3n) is 6.09. The molecule has 4 aromatic heterocycles. The second-order valence-corrected chi connectivity index (χ2v) is 8.09. The molecule has 160 valence electrons. The average molecular weight is 426 g/mol. The van der Waals surface area contributed by atoms with Crippen LogP contribution in [0.3, 0.4) is 0 Å². The van der Waals surface area contributed by atoms with Crippen LogP contribution in [0.2, 0.25) is 0 Å². The molecule has 6 rings (SSSR count). The number of anilines is 2. The fourth-order valence-corrected chi connectivity index (χ4v) is 4.34. The molecule has 1 saturated heterocycles. The van der Waals surface area contributed by atoms with E-state index < -0.39 is 0 Å². The summed E-state index contributed by atoms with van der Waals surface area (Å²) in [6.07, 6.45) is 5.60. The zero-order valence-corrected chi connectivity index (χ0v) is 18.0. The second kappa shape index (κ2) is 7.30. The van der Waals surface area contributed by atoms with Gasteiger partial charge in [-0.1, -0.05) is 30.3 Å². The van der Waals surface area contributed by atoms with E-state index >= 15 is 0 Å². The van der Waals surface area contributed by atoms with Gasteiger partial charge < -0.3 is 9.80 Å². The zero-order chi connectivity index (χ0) is 21.7. The Morgan fingerprint density at radius 2 is 1.66 bits per heavy atom. The number of fused-ring (bicyclic) bond motifs is 2. The van der Waals surface area contributed by atoms with E-state index in [2.05, 4.69) is 67.3 Å². The van der Waals surface area contributed by atoms with Crippen molar-refractivity contribution in [3.05, 3.63) is 66.4 Å². The summed E-state index contributed by atoms with van der Waals surface area (Å²) in [7, 11) is 0. The lowest BCUT2D eigenvalue weighted by Gasteiger charge is -2.36. The molecule has 1 aliphatic heterocycles. The highest BCUT2D eigenvalue weighted by Gasteiger charge is 2.23. The molecule has 0 saturated carbocycles. The monoisotopic (exact) mass is 425 g/mol. The molecule has 5 heterocycles. The molecule has 0 unspecified atom stereocenters. The van der Waals surface area contributed by atoms with Gasteiger partial charge in [0.25, 0.3) is 0 Å². The third kappa shape index (κ3) is 2.96. The molecule has 0 bridgehead atoms. The Labute approximate surface area is 185 Å². The Balaban J connectivity index is 1.32. The molecule has 0 aliphatic carbocycles. The van der Waals surface area contributed by atoms with Crippen molar-refractivity contribution in [3.63, 3.8) is 0 Å². The molecule has 0 radical (unpaired) electrons. The Morgan fingerprint density at radius 1 is 0.875 bits per heavy atom. The van der Waals surface area contributed by atoms with Crippen molar-refractivity contribution in [1.29, 1.82) is 0 Å². The maximum absolute atomic E-state index is 4.96. The molecule has 1 fully saturated rings. The number of rotatable bonds is 3. The number of benzene rings is 1. The van der Waals surface area contributed by atoms with Crippen LogP contribution in [-0.2, 0) is 0 Å². The minimum Gasteiger partial charge on any atom is -0.353 e. The summed E-state index contributed by atoms with van der Waals surface area (Å²) in [5.41, 5.74) is 4.95. The number of nitrogens with zero attached hydrogens (tertiary/aromatic N) is 9. The SMILES string of the molecule is Cc1cnn2c(-c3ccccc3)cc(N3CCN(c4nccn5c(C)nnc45)CC3)nc12. The van der Waals surface area contributed by atoms with E-state index in [4.69, 9.17) is 4.98 Å². The van der Waals surface area contributed by atoms with Crippen LogP contribution in [0.15, 0.2) is 55.0 Å². The first-order valence-corrected chi connectivity index (χ1v) is 10.8. The number of hydrogen-bond donors (Lipinski definition) is 0. The molecule has 0 amide bonds. The van der Waals surface area contributed by atoms with Gasteiger partial charge in [0.1, 0.15) is 11.6 Å². The van der Waals surface area contributed by atoms with Gasteiger partial charge in [0.15, 0.2) is 11.5 Å². The highest BCUT2D eigenvalue weighted by Crippen LogP contribution is 2.27. The second-order valence-electron chi connectivity index (χ2n) is 8.09. The lowest BCUT2D eigenvalue weighted by molar-refractivity contribution is 0.641. The van der Waals surface area contributed by atoms with Crippen LogP contribution in [0.4, 0.5) is 11.6 Å². The first-order chi connectivity index (χ1) is 15.7. The van der Waals surface area contributed by atoms with Gasteiger partial charge in [0, 0.05) is 55.8 Å². The van der Waals surface area contributed by atoms with E-state index in [9.17, 15) is 0 Å². The smallest absolute Gasteiger partial charge is 0.203 e. The van der Waals surface area contributed by atoms with E-state index in [1.165, 1.54) is 0 Å². The van der Waals surface area contributed by atoms with Crippen LogP contribution in [-0.4, -0.2) is 60.4 Å². The summed E-state index contributed by atoms with van der Waals surface area (Å²) in [5, 5.41) is 13.1. The molecule has 5 aromatic rings. The number of aromatic nitrogens is 7. The Kier molecular flexibility index (Phi) is 4.27. The van der Waals surface area contributed by atoms with Crippen LogP contribution in [0, 0.1) is 13.8 Å². The molecule has 0 spiro atoms. The quantitative estimate of drug-likeness (QED) is 0.440. The topological polar surface area (TPSA) is 79.8 Å². The standard InChI is InChI=1S/C23H23N9/c1-16-15-25-32-19(18-6-4-3-5-7-18)14-20(26-21(16)32)29-10-12-30(13-11-29)22-23-28-27-17(2)31(23)9-8-24-22/h3-9,14-15H,10-13H2,1-2H3. The van der Waals surface area contributed by atoms with Gasteiger partial charge in [0.2, 0.25) is 5.65 Å². The lowest BCUT2D eigenvalue weighted by atomic mass is 10.1. The molecule has 9 nitrogen and oxygen atoms in total. The summed E-state index contributed by atoms with van der Waals surface area (Å²) in [4.78, 5) is 14.2. The molecule has 9 heteroatoms. The maximum Gasteiger partial charge on any atom is 0.203 e. The first kappa shape index (κ1) is 18.7. The normalized spacial score (nSPS) is 14.6. The number of hydrogen-bond acceptors (Lipinski definition) is 7. The van der Waals surface area contributed by atoms with Gasteiger partial charge in [-0.25, -0.2) is 14.5 Å². The van der Waals surface area contributed by atoms with E-state index in [-0.39, 0.29) is 0 Å². The van der Waals surface area contributed by atoms with Crippen molar-refractivity contribution < 1.29 is 0 Å². The molecule has 0 N–H and O–H groups in total. The summed E-state index contributed by atoms with van der Waals surface area (Å²) >= 11 is 0. The largest absolute Gasteiger partial charge is 0.353 e. The fourth-order valence-electron chi connectivity index (χ4n) is 4.34. The van der Waals surface area contributed by atoms with Gasteiger partial charge in [-0.2, -0.15) is 5.10 Å². The van der Waals surface area contributed by atoms with Crippen LogP contribution < -0.4 is 9.80 Å². The van der Waals surface area contributed by atoms with Crippen LogP contribution >= 0.6 is 0 Å². The summed E-state index contributed by atoms with van der Waals surface area (Å²) in [5.74, 6) is 2.72. The molecule has 1 aromatic carbocycles. The van der Waals surface area contributed by atoms with Gasteiger partial charge >= 0.3 is 0 Å². The van der Waals surface area contributed by atoms with Crippen LogP contribution in [0.1, 0.15) is 11.4 Å². The highest BCUT2D eigenvalue weighted by atomic mass is 15.3. The number of aryl methyl sites for hydroxylation is 2. The number of piperazine rings is 1. The van der Waals surface area contributed by atoms with Crippen LogP contribution in [0.25, 0.3) is 22.6 Å².